The molecule has 3 N–H and O–H groups in total. The van der Waals surface area contributed by atoms with Crippen LogP contribution in [0.4, 0.5) is 0 Å². The van der Waals surface area contributed by atoms with Crippen LogP contribution in [-0.4, -0.2) is 19.0 Å². The molecule has 0 fully saturated rings. The first-order chi connectivity index (χ1) is 12.7. The van der Waals surface area contributed by atoms with Crippen LogP contribution >= 0.6 is 12.4 Å². The van der Waals surface area contributed by atoms with Crippen molar-refractivity contribution in [2.24, 2.45) is 5.73 Å². The molecule has 28 heavy (non-hydrogen) atoms. The Morgan fingerprint density at radius 2 is 1.61 bits per heavy atom. The average molecular weight is 405 g/mol. The van der Waals surface area contributed by atoms with Crippen molar-refractivity contribution in [3.8, 4) is 0 Å². The van der Waals surface area contributed by atoms with E-state index in [0.29, 0.717) is 12.1 Å². The molecule has 6 heteroatoms. The lowest BCUT2D eigenvalue weighted by atomic mass is 9.86. The minimum absolute atomic E-state index is 0. The number of hydrogen-bond acceptors (Lipinski definition) is 4. The van der Waals surface area contributed by atoms with Crippen LogP contribution in [0, 0.1) is 0 Å². The Kier molecular flexibility index (Phi) is 8.66. The Labute approximate surface area is 173 Å². The van der Waals surface area contributed by atoms with Crippen molar-refractivity contribution in [3.05, 3.63) is 70.8 Å². The summed E-state index contributed by atoms with van der Waals surface area (Å²) < 4.78 is 4.79. The van der Waals surface area contributed by atoms with Crippen molar-refractivity contribution >= 4 is 24.3 Å². The van der Waals surface area contributed by atoms with Gasteiger partial charge in [0.1, 0.15) is 0 Å². The largest absolute Gasteiger partial charge is 0.469 e. The van der Waals surface area contributed by atoms with Crippen LogP contribution in [0.3, 0.4) is 0 Å². The van der Waals surface area contributed by atoms with Crippen molar-refractivity contribution in [2.75, 3.05) is 7.11 Å². The van der Waals surface area contributed by atoms with E-state index in [-0.39, 0.29) is 36.1 Å². The molecule has 1 amide bonds. The molecule has 0 aliphatic carbocycles. The lowest BCUT2D eigenvalue weighted by Crippen LogP contribution is -2.30. The summed E-state index contributed by atoms with van der Waals surface area (Å²) in [4.78, 5) is 24.5. The van der Waals surface area contributed by atoms with Crippen LogP contribution < -0.4 is 11.1 Å². The summed E-state index contributed by atoms with van der Waals surface area (Å²) in [6.45, 7) is 6.84. The van der Waals surface area contributed by atoms with Crippen molar-refractivity contribution in [1.29, 1.82) is 0 Å². The molecular formula is C22H29ClN2O3. The van der Waals surface area contributed by atoms with Gasteiger partial charge in [0.05, 0.1) is 19.6 Å². The van der Waals surface area contributed by atoms with Gasteiger partial charge in [-0.05, 0) is 34.2 Å². The number of halogens is 1. The van der Waals surface area contributed by atoms with Gasteiger partial charge in [-0.2, -0.15) is 0 Å². The topological polar surface area (TPSA) is 81.4 Å². The van der Waals surface area contributed by atoms with E-state index in [2.05, 4.69) is 26.1 Å². The van der Waals surface area contributed by atoms with E-state index in [1.807, 2.05) is 36.4 Å². The first-order valence-corrected chi connectivity index (χ1v) is 9.01. The van der Waals surface area contributed by atoms with E-state index in [1.165, 1.54) is 12.7 Å². The van der Waals surface area contributed by atoms with Gasteiger partial charge in [-0.3, -0.25) is 9.59 Å². The molecule has 0 saturated carbocycles. The summed E-state index contributed by atoms with van der Waals surface area (Å²) in [7, 11) is 1.34. The van der Waals surface area contributed by atoms with Gasteiger partial charge in [-0.1, -0.05) is 57.2 Å². The van der Waals surface area contributed by atoms with E-state index < -0.39 is 6.04 Å². The molecule has 1 atom stereocenters. The molecular weight excluding hydrogens is 376 g/mol. The van der Waals surface area contributed by atoms with Gasteiger partial charge in [0.2, 0.25) is 0 Å². The Bertz CT molecular complexity index is 781. The highest BCUT2D eigenvalue weighted by Gasteiger charge is 2.21. The predicted octanol–water partition coefficient (Wildman–Crippen LogP) is 3.90. The Morgan fingerprint density at radius 1 is 1.04 bits per heavy atom. The first-order valence-electron chi connectivity index (χ1n) is 9.01. The molecule has 0 heterocycles. The normalized spacial score (nSPS) is 11.9. The fourth-order valence-electron chi connectivity index (χ4n) is 2.75. The molecule has 2 aromatic rings. The van der Waals surface area contributed by atoms with Crippen LogP contribution in [0.25, 0.3) is 0 Å². The molecule has 0 spiro atoms. The minimum Gasteiger partial charge on any atom is -0.469 e. The molecule has 2 aromatic carbocycles. The summed E-state index contributed by atoms with van der Waals surface area (Å²) in [6.07, 6.45) is 0.0674. The second kappa shape index (κ2) is 10.2. The molecule has 152 valence electrons. The summed E-state index contributed by atoms with van der Waals surface area (Å²) in [6, 6.07) is 14.6. The van der Waals surface area contributed by atoms with Gasteiger partial charge in [-0.25, -0.2) is 0 Å². The number of esters is 1. The van der Waals surface area contributed by atoms with Gasteiger partial charge < -0.3 is 15.8 Å². The van der Waals surface area contributed by atoms with Gasteiger partial charge in [0.25, 0.3) is 5.91 Å². The van der Waals surface area contributed by atoms with E-state index in [4.69, 9.17) is 10.5 Å². The van der Waals surface area contributed by atoms with E-state index in [1.54, 1.807) is 12.1 Å². The SMILES string of the molecule is COC(=O)CC(NC(=O)c1ccc(CN)cc1)c1ccc(C(C)(C)C)cc1.Cl. The van der Waals surface area contributed by atoms with Crippen molar-refractivity contribution in [1.82, 2.24) is 5.32 Å². The smallest absolute Gasteiger partial charge is 0.307 e. The number of nitrogens with two attached hydrogens (primary N) is 1. The maximum Gasteiger partial charge on any atom is 0.307 e. The number of hydrogen-bond donors (Lipinski definition) is 2. The highest BCUT2D eigenvalue weighted by Crippen LogP contribution is 2.25. The fourth-order valence-corrected chi connectivity index (χ4v) is 2.75. The van der Waals surface area contributed by atoms with E-state index >= 15 is 0 Å². The number of ether oxygens (including phenoxy) is 1. The van der Waals surface area contributed by atoms with E-state index in [0.717, 1.165) is 11.1 Å². The third-order valence-corrected chi connectivity index (χ3v) is 4.53. The number of benzene rings is 2. The standard InChI is InChI=1S/C22H28N2O3.ClH/c1-22(2,3)18-11-9-16(10-12-18)19(13-20(25)27-4)24-21(26)17-7-5-15(14-23)6-8-17;/h5-12,19H,13-14,23H2,1-4H3,(H,24,26);1H. The highest BCUT2D eigenvalue weighted by atomic mass is 35.5. The van der Waals surface area contributed by atoms with Crippen LogP contribution in [0.1, 0.15) is 60.3 Å². The molecule has 0 bridgehead atoms. The summed E-state index contributed by atoms with van der Waals surface area (Å²) in [5.74, 6) is -0.619. The third-order valence-electron chi connectivity index (χ3n) is 4.53. The molecule has 1 unspecified atom stereocenters. The molecule has 0 saturated heterocycles. The molecule has 0 aromatic heterocycles. The van der Waals surface area contributed by atoms with Gasteiger partial charge in [0, 0.05) is 12.1 Å². The Balaban J connectivity index is 0.00000392. The zero-order valence-corrected chi connectivity index (χ0v) is 17.6. The van der Waals surface area contributed by atoms with Gasteiger partial charge in [0.15, 0.2) is 0 Å². The van der Waals surface area contributed by atoms with Crippen molar-refractivity contribution in [2.45, 2.75) is 45.2 Å². The van der Waals surface area contributed by atoms with Crippen molar-refractivity contribution < 1.29 is 14.3 Å². The summed E-state index contributed by atoms with van der Waals surface area (Å²) in [5, 5.41) is 2.94. The Hall–Kier alpha value is -2.37. The number of amides is 1. The second-order valence-electron chi connectivity index (χ2n) is 7.58. The fraction of sp³-hybridized carbons (Fsp3) is 0.364. The third kappa shape index (κ3) is 6.36. The van der Waals surface area contributed by atoms with Crippen molar-refractivity contribution in [3.63, 3.8) is 0 Å². The Morgan fingerprint density at radius 3 is 2.07 bits per heavy atom. The monoisotopic (exact) mass is 404 g/mol. The molecule has 0 aliphatic rings. The van der Waals surface area contributed by atoms with Crippen LogP contribution in [0.15, 0.2) is 48.5 Å². The number of rotatable bonds is 6. The highest BCUT2D eigenvalue weighted by molar-refractivity contribution is 5.94. The number of methoxy groups -OCH3 is 1. The lowest BCUT2D eigenvalue weighted by Gasteiger charge is -2.22. The molecule has 5 nitrogen and oxygen atoms in total. The van der Waals surface area contributed by atoms with Crippen LogP contribution in [-0.2, 0) is 21.5 Å². The van der Waals surface area contributed by atoms with E-state index in [9.17, 15) is 9.59 Å². The second-order valence-corrected chi connectivity index (χ2v) is 7.58. The molecule has 2 rings (SSSR count). The van der Waals surface area contributed by atoms with Gasteiger partial charge in [-0.15, -0.1) is 12.4 Å². The zero-order chi connectivity index (χ0) is 20.0. The van der Waals surface area contributed by atoms with Crippen LogP contribution in [0.5, 0.6) is 0 Å². The lowest BCUT2D eigenvalue weighted by molar-refractivity contribution is -0.141. The maximum absolute atomic E-state index is 12.6. The zero-order valence-electron chi connectivity index (χ0n) is 16.8. The van der Waals surface area contributed by atoms with Crippen LogP contribution in [0.2, 0.25) is 0 Å². The average Bonchev–Trinajstić information content (AvgIpc) is 2.66. The number of carbonyl (C=O) groups excluding carboxylic acids is 2. The number of carbonyl (C=O) groups is 2. The summed E-state index contributed by atoms with van der Waals surface area (Å²) >= 11 is 0. The quantitative estimate of drug-likeness (QED) is 0.715. The first kappa shape index (κ1) is 23.7. The predicted molar refractivity (Wildman–Crippen MR) is 114 cm³/mol. The minimum atomic E-state index is -0.465. The summed E-state index contributed by atoms with van der Waals surface area (Å²) in [5.41, 5.74) is 9.15. The number of nitrogens with one attached hydrogen (secondary N) is 1. The molecule has 0 radical (unpaired) electrons. The van der Waals surface area contributed by atoms with Gasteiger partial charge >= 0.3 is 5.97 Å². The molecule has 0 aliphatic heterocycles. The maximum atomic E-state index is 12.6.